The van der Waals surface area contributed by atoms with Crippen LogP contribution in [0.2, 0.25) is 0 Å². The van der Waals surface area contributed by atoms with Gasteiger partial charge in [0.15, 0.2) is 0 Å². The molecule has 1 N–H and O–H groups in total. The lowest BCUT2D eigenvalue weighted by atomic mass is 10.0. The number of morpholine rings is 1. The molecule has 1 amide bonds. The number of aromatic nitrogens is 2. The zero-order valence-electron chi connectivity index (χ0n) is 16.5. The minimum Gasteiger partial charge on any atom is -0.366 e. The molecule has 148 valence electrons. The third-order valence-corrected chi connectivity index (χ3v) is 5.02. The van der Waals surface area contributed by atoms with E-state index in [1.165, 1.54) is 16.7 Å². The highest BCUT2D eigenvalue weighted by Crippen LogP contribution is 2.20. The monoisotopic (exact) mass is 387 g/mol. The molecule has 1 unspecified atom stereocenters. The Hall–Kier alpha value is -3.18. The van der Waals surface area contributed by atoms with E-state index in [9.17, 15) is 4.79 Å². The van der Waals surface area contributed by atoms with Crippen LogP contribution in [0.5, 0.6) is 0 Å². The van der Waals surface area contributed by atoms with Crippen molar-refractivity contribution in [3.63, 3.8) is 0 Å². The number of nitrogens with zero attached hydrogens (tertiary/aromatic N) is 2. The summed E-state index contributed by atoms with van der Waals surface area (Å²) in [6.45, 7) is 3.97. The van der Waals surface area contributed by atoms with Gasteiger partial charge in [-0.1, -0.05) is 66.2 Å². The maximum atomic E-state index is 11.8. The van der Waals surface area contributed by atoms with E-state index in [0.29, 0.717) is 19.6 Å². The van der Waals surface area contributed by atoms with E-state index >= 15 is 0 Å². The van der Waals surface area contributed by atoms with Crippen LogP contribution in [0.3, 0.4) is 0 Å². The zero-order valence-corrected chi connectivity index (χ0v) is 16.5. The van der Waals surface area contributed by atoms with Gasteiger partial charge < -0.3 is 14.6 Å². The summed E-state index contributed by atoms with van der Waals surface area (Å²) in [5.41, 5.74) is 5.74. The van der Waals surface area contributed by atoms with Gasteiger partial charge >= 0.3 is 0 Å². The standard InChI is InChI=1S/C24H25N3O2/c1-18-4-8-20(9-5-18)21-10-6-19(7-11-21)3-2-13-27-16-22(26-17-27)15-23-24(28)25-12-14-29-23/h2-11,16-17,23H,12-15H2,1H3,(H,25,28). The maximum Gasteiger partial charge on any atom is 0.249 e. The fraction of sp³-hybridized carbons (Fsp3) is 0.250. The number of carbonyl (C=O) groups is 1. The van der Waals surface area contributed by atoms with Gasteiger partial charge in [-0.05, 0) is 23.6 Å². The number of hydrogen-bond acceptors (Lipinski definition) is 3. The third kappa shape index (κ3) is 5.00. The van der Waals surface area contributed by atoms with Gasteiger partial charge in [0.05, 0.1) is 18.6 Å². The summed E-state index contributed by atoms with van der Waals surface area (Å²) >= 11 is 0. The van der Waals surface area contributed by atoms with Crippen LogP contribution in [-0.2, 0) is 22.5 Å². The van der Waals surface area contributed by atoms with E-state index in [0.717, 1.165) is 17.8 Å². The summed E-state index contributed by atoms with van der Waals surface area (Å²) in [7, 11) is 0. The molecular weight excluding hydrogens is 362 g/mol. The van der Waals surface area contributed by atoms with Crippen molar-refractivity contribution in [1.29, 1.82) is 0 Å². The molecule has 1 atom stereocenters. The summed E-state index contributed by atoms with van der Waals surface area (Å²) in [6.07, 6.45) is 8.04. The molecule has 4 rings (SSSR count). The minimum atomic E-state index is -0.435. The lowest BCUT2D eigenvalue weighted by molar-refractivity contribution is -0.137. The number of rotatable bonds is 6. The average molecular weight is 387 g/mol. The first kappa shape index (κ1) is 19.2. The summed E-state index contributed by atoms with van der Waals surface area (Å²) in [6, 6.07) is 17.1. The molecule has 5 nitrogen and oxygen atoms in total. The summed E-state index contributed by atoms with van der Waals surface area (Å²) in [5.74, 6) is -0.0558. The number of nitrogens with one attached hydrogen (secondary N) is 1. The molecule has 0 radical (unpaired) electrons. The summed E-state index contributed by atoms with van der Waals surface area (Å²) < 4.78 is 7.52. The van der Waals surface area contributed by atoms with E-state index in [1.54, 1.807) is 6.33 Å². The van der Waals surface area contributed by atoms with E-state index in [2.05, 4.69) is 77.9 Å². The van der Waals surface area contributed by atoms with Crippen molar-refractivity contribution in [2.75, 3.05) is 13.2 Å². The predicted octanol–water partition coefficient (Wildman–Crippen LogP) is 3.63. The topological polar surface area (TPSA) is 56.1 Å². The molecule has 1 aromatic heterocycles. The van der Waals surface area contributed by atoms with Crippen LogP contribution >= 0.6 is 0 Å². The van der Waals surface area contributed by atoms with Gasteiger partial charge in [0.1, 0.15) is 6.10 Å². The number of aryl methyl sites for hydroxylation is 1. The molecule has 0 bridgehead atoms. The third-order valence-electron chi connectivity index (χ3n) is 5.02. The summed E-state index contributed by atoms with van der Waals surface area (Å²) in [5, 5.41) is 2.82. The van der Waals surface area contributed by atoms with Gasteiger partial charge in [-0.15, -0.1) is 0 Å². The second-order valence-electron chi connectivity index (χ2n) is 7.31. The highest BCUT2D eigenvalue weighted by molar-refractivity contribution is 5.81. The van der Waals surface area contributed by atoms with Gasteiger partial charge in [-0.2, -0.15) is 0 Å². The molecule has 1 saturated heterocycles. The number of benzene rings is 2. The van der Waals surface area contributed by atoms with Crippen molar-refractivity contribution in [3.8, 4) is 11.1 Å². The first-order valence-corrected chi connectivity index (χ1v) is 9.91. The molecule has 2 heterocycles. The van der Waals surface area contributed by atoms with Gasteiger partial charge in [-0.25, -0.2) is 4.98 Å². The fourth-order valence-corrected chi connectivity index (χ4v) is 3.36. The van der Waals surface area contributed by atoms with Gasteiger partial charge in [-0.3, -0.25) is 4.79 Å². The van der Waals surface area contributed by atoms with Crippen molar-refractivity contribution in [3.05, 3.63) is 84.0 Å². The highest BCUT2D eigenvalue weighted by atomic mass is 16.5. The van der Waals surface area contributed by atoms with Crippen LogP contribution in [0.1, 0.15) is 16.8 Å². The Balaban J connectivity index is 1.32. The van der Waals surface area contributed by atoms with Crippen LogP contribution < -0.4 is 5.32 Å². The quantitative estimate of drug-likeness (QED) is 0.703. The predicted molar refractivity (Wildman–Crippen MR) is 114 cm³/mol. The van der Waals surface area contributed by atoms with Gasteiger partial charge in [0.25, 0.3) is 0 Å². The lowest BCUT2D eigenvalue weighted by Gasteiger charge is -2.21. The average Bonchev–Trinajstić information content (AvgIpc) is 3.18. The first-order chi connectivity index (χ1) is 14.2. The highest BCUT2D eigenvalue weighted by Gasteiger charge is 2.23. The van der Waals surface area contributed by atoms with Crippen LogP contribution in [0.4, 0.5) is 0 Å². The molecule has 1 aliphatic heterocycles. The molecule has 29 heavy (non-hydrogen) atoms. The van der Waals surface area contributed by atoms with Gasteiger partial charge in [0.2, 0.25) is 5.91 Å². The second-order valence-corrected chi connectivity index (χ2v) is 7.31. The van der Waals surface area contributed by atoms with E-state index < -0.39 is 6.10 Å². The van der Waals surface area contributed by atoms with Crippen LogP contribution in [0.15, 0.2) is 67.1 Å². The largest absolute Gasteiger partial charge is 0.366 e. The molecule has 0 saturated carbocycles. The Kier molecular flexibility index (Phi) is 5.86. The molecule has 0 aliphatic carbocycles. The number of hydrogen-bond donors (Lipinski definition) is 1. The molecule has 3 aromatic rings. The van der Waals surface area contributed by atoms with Crippen molar-refractivity contribution < 1.29 is 9.53 Å². The van der Waals surface area contributed by atoms with E-state index in [4.69, 9.17) is 4.74 Å². The van der Waals surface area contributed by atoms with Crippen LogP contribution in [0, 0.1) is 6.92 Å². The second kappa shape index (κ2) is 8.88. The van der Waals surface area contributed by atoms with Crippen molar-refractivity contribution in [1.82, 2.24) is 14.9 Å². The molecule has 1 fully saturated rings. The Labute approximate surface area is 171 Å². The first-order valence-electron chi connectivity index (χ1n) is 9.91. The van der Waals surface area contributed by atoms with Crippen LogP contribution in [-0.4, -0.2) is 34.7 Å². The Morgan fingerprint density at radius 1 is 1.14 bits per heavy atom. The normalized spacial score (nSPS) is 16.9. The molecule has 2 aromatic carbocycles. The molecular formula is C24H25N3O2. The number of allylic oxidation sites excluding steroid dienone is 1. The number of ether oxygens (including phenoxy) is 1. The number of imidazole rings is 1. The van der Waals surface area contributed by atoms with Gasteiger partial charge in [0, 0.05) is 25.7 Å². The van der Waals surface area contributed by atoms with Crippen molar-refractivity contribution in [2.24, 2.45) is 0 Å². The van der Waals surface area contributed by atoms with Crippen molar-refractivity contribution in [2.45, 2.75) is 26.0 Å². The molecule has 5 heteroatoms. The smallest absolute Gasteiger partial charge is 0.249 e. The minimum absolute atomic E-state index is 0.0558. The molecule has 1 aliphatic rings. The van der Waals surface area contributed by atoms with Crippen molar-refractivity contribution >= 4 is 12.0 Å². The molecule has 0 spiro atoms. The Morgan fingerprint density at radius 3 is 2.59 bits per heavy atom. The zero-order chi connectivity index (χ0) is 20.1. The fourth-order valence-electron chi connectivity index (χ4n) is 3.36. The number of carbonyl (C=O) groups excluding carboxylic acids is 1. The van der Waals surface area contributed by atoms with Crippen LogP contribution in [0.25, 0.3) is 17.2 Å². The maximum absolute atomic E-state index is 11.8. The van der Waals surface area contributed by atoms with E-state index in [1.807, 2.05) is 10.8 Å². The SMILES string of the molecule is Cc1ccc(-c2ccc(C=CCn3cnc(CC4OCCNC4=O)c3)cc2)cc1. The van der Waals surface area contributed by atoms with E-state index in [-0.39, 0.29) is 5.91 Å². The lowest BCUT2D eigenvalue weighted by Crippen LogP contribution is -2.45. The number of amides is 1. The summed E-state index contributed by atoms with van der Waals surface area (Å²) in [4.78, 5) is 16.2. The Bertz CT molecular complexity index is 988. The Morgan fingerprint density at radius 2 is 1.86 bits per heavy atom.